The van der Waals surface area contributed by atoms with Gasteiger partial charge in [-0.2, -0.15) is 0 Å². The molecule has 4 nitrogen and oxygen atoms in total. The van der Waals surface area contributed by atoms with Crippen LogP contribution < -0.4 is 0 Å². The average molecular weight is 779 g/mol. The molecule has 0 atom stereocenters. The zero-order chi connectivity index (χ0) is 40.3. The van der Waals surface area contributed by atoms with E-state index in [2.05, 4.69) is 193 Å². The molecule has 61 heavy (non-hydrogen) atoms. The van der Waals surface area contributed by atoms with E-state index in [-0.39, 0.29) is 0 Å². The van der Waals surface area contributed by atoms with Crippen LogP contribution in [-0.4, -0.2) is 19.5 Å². The van der Waals surface area contributed by atoms with Gasteiger partial charge in [-0.3, -0.25) is 0 Å². The van der Waals surface area contributed by atoms with E-state index in [9.17, 15) is 0 Å². The van der Waals surface area contributed by atoms with Gasteiger partial charge in [0.05, 0.1) is 11.0 Å². The Morgan fingerprint density at radius 3 is 1.61 bits per heavy atom. The molecule has 11 aromatic rings. The lowest BCUT2D eigenvalue weighted by atomic mass is 9.89. The van der Waals surface area contributed by atoms with E-state index in [1.54, 1.807) is 0 Å². The van der Waals surface area contributed by atoms with Gasteiger partial charge in [-0.05, 0) is 109 Å². The average Bonchev–Trinajstić information content (AvgIpc) is 3.68. The number of hydrogen-bond acceptors (Lipinski definition) is 3. The number of para-hydroxylation sites is 1. The summed E-state index contributed by atoms with van der Waals surface area (Å²) in [5, 5.41) is 10.1. The van der Waals surface area contributed by atoms with Crippen molar-refractivity contribution in [3.05, 3.63) is 212 Å². The van der Waals surface area contributed by atoms with Crippen LogP contribution in [0.5, 0.6) is 0 Å². The Kier molecular flexibility index (Phi) is 8.27. The van der Waals surface area contributed by atoms with Crippen molar-refractivity contribution in [1.29, 1.82) is 0 Å². The highest BCUT2D eigenvalue weighted by Gasteiger charge is 2.19. The second-order valence-electron chi connectivity index (χ2n) is 15.9. The van der Waals surface area contributed by atoms with E-state index in [4.69, 9.17) is 15.0 Å². The lowest BCUT2D eigenvalue weighted by Crippen LogP contribution is -2.04. The molecule has 0 unspecified atom stereocenters. The van der Waals surface area contributed by atoms with E-state index in [0.29, 0.717) is 11.6 Å². The summed E-state index contributed by atoms with van der Waals surface area (Å²) in [7, 11) is 0. The van der Waals surface area contributed by atoms with Crippen LogP contribution in [0.4, 0.5) is 0 Å². The van der Waals surface area contributed by atoms with Gasteiger partial charge >= 0.3 is 0 Å². The van der Waals surface area contributed by atoms with Crippen LogP contribution in [0, 0.1) is 0 Å². The molecular weight excluding hydrogens is 741 g/mol. The monoisotopic (exact) mass is 778 g/mol. The first-order valence-electron chi connectivity index (χ1n) is 21.0. The minimum Gasteiger partial charge on any atom is -0.309 e. The van der Waals surface area contributed by atoms with Gasteiger partial charge in [-0.1, -0.05) is 170 Å². The van der Waals surface area contributed by atoms with Crippen molar-refractivity contribution in [3.8, 4) is 50.7 Å². The highest BCUT2D eigenvalue weighted by molar-refractivity contribution is 6.26. The second-order valence-corrected chi connectivity index (χ2v) is 15.9. The third-order valence-corrected chi connectivity index (χ3v) is 12.3. The summed E-state index contributed by atoms with van der Waals surface area (Å²) in [6, 6.07) is 67.9. The summed E-state index contributed by atoms with van der Waals surface area (Å²) in [6.45, 7) is 0. The van der Waals surface area contributed by atoms with E-state index in [1.807, 2.05) is 18.2 Å². The SMILES string of the molecule is C1=CCCC(c2nc(-c3ccccc3)nc(-c3cccc(-n4c5ccccc5c5cc(-c6ccccc6-c6ccc7c8ccccc8c8ccccc8c7c6)ccc54)c3)n2)=C1. The molecular formula is C57H38N4. The molecule has 1 aliphatic carbocycles. The molecule has 0 N–H and O–H groups in total. The number of rotatable bonds is 6. The Hall–Kier alpha value is -7.95. The number of benzene rings is 9. The van der Waals surface area contributed by atoms with E-state index >= 15 is 0 Å². The zero-order valence-corrected chi connectivity index (χ0v) is 33.3. The van der Waals surface area contributed by atoms with Crippen molar-refractivity contribution < 1.29 is 0 Å². The van der Waals surface area contributed by atoms with Gasteiger partial charge in [0.1, 0.15) is 0 Å². The molecule has 2 heterocycles. The van der Waals surface area contributed by atoms with Crippen molar-refractivity contribution in [1.82, 2.24) is 19.5 Å². The fraction of sp³-hybridized carbons (Fsp3) is 0.0351. The fourth-order valence-corrected chi connectivity index (χ4v) is 9.42. The van der Waals surface area contributed by atoms with Crippen molar-refractivity contribution in [2.75, 3.05) is 0 Å². The minimum absolute atomic E-state index is 0.663. The summed E-state index contributed by atoms with van der Waals surface area (Å²) in [5.41, 5.74) is 11.2. The molecule has 0 saturated carbocycles. The largest absolute Gasteiger partial charge is 0.309 e. The second kappa shape index (κ2) is 14.4. The molecule has 9 aromatic carbocycles. The Morgan fingerprint density at radius 1 is 0.361 bits per heavy atom. The lowest BCUT2D eigenvalue weighted by molar-refractivity contribution is 0.977. The van der Waals surface area contributed by atoms with Gasteiger partial charge in [-0.25, -0.2) is 15.0 Å². The van der Waals surface area contributed by atoms with Crippen molar-refractivity contribution in [2.24, 2.45) is 0 Å². The first-order chi connectivity index (χ1) is 30.2. The third-order valence-electron chi connectivity index (χ3n) is 12.3. The van der Waals surface area contributed by atoms with E-state index in [1.165, 1.54) is 65.3 Å². The van der Waals surface area contributed by atoms with Gasteiger partial charge < -0.3 is 4.57 Å². The van der Waals surface area contributed by atoms with Crippen LogP contribution >= 0.6 is 0 Å². The molecule has 0 amide bonds. The lowest BCUT2D eigenvalue weighted by Gasteiger charge is -2.15. The maximum Gasteiger partial charge on any atom is 0.164 e. The highest BCUT2D eigenvalue weighted by Crippen LogP contribution is 2.41. The zero-order valence-electron chi connectivity index (χ0n) is 33.3. The minimum atomic E-state index is 0.663. The normalized spacial score (nSPS) is 12.8. The Labute approximate surface area is 353 Å². The molecule has 12 rings (SSSR count). The number of hydrogen-bond donors (Lipinski definition) is 0. The molecule has 4 heteroatoms. The Morgan fingerprint density at radius 2 is 0.902 bits per heavy atom. The van der Waals surface area contributed by atoms with Crippen LogP contribution in [-0.2, 0) is 0 Å². The molecule has 0 bridgehead atoms. The standard InChI is InChI=1S/C57H38N4/c1-3-16-37(17-4-1)55-58-56(38-18-5-2-6-19-38)60-57(59-55)41-20-15-21-42(34-41)61-53-29-14-13-28-50(53)52-36-40(31-33-54(52)61)44-23-8-7-22-43(44)39-30-32-49-47-26-10-9-24-45(47)46-25-11-12-27-48(46)51(49)35-39/h1-5,7-18,20-36H,6,19H2. The maximum absolute atomic E-state index is 5.09. The van der Waals surface area contributed by atoms with Gasteiger partial charge in [-0.15, -0.1) is 0 Å². The van der Waals surface area contributed by atoms with Gasteiger partial charge in [0, 0.05) is 27.6 Å². The smallest absolute Gasteiger partial charge is 0.164 e. The first kappa shape index (κ1) is 35.0. The summed E-state index contributed by atoms with van der Waals surface area (Å²) >= 11 is 0. The molecule has 286 valence electrons. The Balaban J connectivity index is 0.988. The molecule has 0 saturated heterocycles. The molecule has 0 aliphatic heterocycles. The predicted molar refractivity (Wildman–Crippen MR) is 255 cm³/mol. The molecule has 0 radical (unpaired) electrons. The number of allylic oxidation sites excluding steroid dienone is 4. The summed E-state index contributed by atoms with van der Waals surface area (Å²) in [6.07, 6.45) is 8.30. The van der Waals surface area contributed by atoms with Crippen LogP contribution in [0.2, 0.25) is 0 Å². The predicted octanol–water partition coefficient (Wildman–Crippen LogP) is 14.8. The van der Waals surface area contributed by atoms with Gasteiger partial charge in [0.25, 0.3) is 0 Å². The van der Waals surface area contributed by atoms with Crippen LogP contribution in [0.3, 0.4) is 0 Å². The van der Waals surface area contributed by atoms with Crippen LogP contribution in [0.1, 0.15) is 18.7 Å². The van der Waals surface area contributed by atoms with Crippen LogP contribution in [0.25, 0.3) is 110 Å². The highest BCUT2D eigenvalue weighted by atomic mass is 15.0. The van der Waals surface area contributed by atoms with Crippen LogP contribution in [0.15, 0.2) is 206 Å². The maximum atomic E-state index is 5.09. The van der Waals surface area contributed by atoms with Gasteiger partial charge in [0.15, 0.2) is 17.5 Å². The van der Waals surface area contributed by atoms with E-state index in [0.717, 1.165) is 52.1 Å². The fourth-order valence-electron chi connectivity index (χ4n) is 9.42. The molecule has 0 fully saturated rings. The summed E-state index contributed by atoms with van der Waals surface area (Å²) in [5.74, 6) is 2.07. The quantitative estimate of drug-likeness (QED) is 0.158. The summed E-state index contributed by atoms with van der Waals surface area (Å²) in [4.78, 5) is 15.1. The van der Waals surface area contributed by atoms with Crippen molar-refractivity contribution in [2.45, 2.75) is 12.8 Å². The van der Waals surface area contributed by atoms with Crippen molar-refractivity contribution >= 4 is 59.7 Å². The topological polar surface area (TPSA) is 43.6 Å². The molecule has 0 spiro atoms. The number of aromatic nitrogens is 4. The number of nitrogens with zero attached hydrogens (tertiary/aromatic N) is 4. The number of fused-ring (bicyclic) bond motifs is 9. The Bertz CT molecular complexity index is 3560. The van der Waals surface area contributed by atoms with Gasteiger partial charge in [0.2, 0.25) is 0 Å². The summed E-state index contributed by atoms with van der Waals surface area (Å²) < 4.78 is 2.37. The van der Waals surface area contributed by atoms with E-state index < -0.39 is 0 Å². The first-order valence-corrected chi connectivity index (χ1v) is 21.0. The van der Waals surface area contributed by atoms with Crippen molar-refractivity contribution in [3.63, 3.8) is 0 Å². The third kappa shape index (κ3) is 5.95. The molecule has 1 aliphatic rings. The molecule has 2 aromatic heterocycles.